The molecule has 2 N–H and O–H groups in total. The van der Waals surface area contributed by atoms with Crippen LogP contribution < -0.4 is 5.32 Å². The number of carboxylic acid groups (broad SMARTS) is 1. The van der Waals surface area contributed by atoms with Crippen LogP contribution in [-0.4, -0.2) is 23.5 Å². The monoisotopic (exact) mass is 275 g/mol. The van der Waals surface area contributed by atoms with E-state index < -0.39 is 5.97 Å². The minimum atomic E-state index is -0.778. The van der Waals surface area contributed by atoms with E-state index >= 15 is 0 Å². The highest BCUT2D eigenvalue weighted by Gasteiger charge is 2.33. The van der Waals surface area contributed by atoms with Gasteiger partial charge in [0.1, 0.15) is 0 Å². The molecule has 1 aliphatic rings. The van der Waals surface area contributed by atoms with Crippen LogP contribution >= 0.6 is 0 Å². The number of aliphatic carboxylic acids is 1. The van der Waals surface area contributed by atoms with E-state index in [0.29, 0.717) is 25.8 Å². The Bertz CT molecular complexity index is 498. The largest absolute Gasteiger partial charge is 0.481 e. The van der Waals surface area contributed by atoms with Gasteiger partial charge in [0.2, 0.25) is 5.91 Å². The van der Waals surface area contributed by atoms with Crippen molar-refractivity contribution in [1.29, 1.82) is 0 Å². The van der Waals surface area contributed by atoms with Gasteiger partial charge in [-0.05, 0) is 38.2 Å². The first-order valence-electron chi connectivity index (χ1n) is 7.12. The Balaban J connectivity index is 1.75. The standard InChI is InChI=1S/C16H21NO3/c1-11-3-2-4-12(9-11)7-8-17-15(18)13-5-6-14(10-13)16(19)20/h2-4,9,13-14H,5-8,10H2,1H3,(H,17,18)(H,19,20)/t13-,14+/m1/s1. The molecule has 0 heterocycles. The van der Waals surface area contributed by atoms with E-state index in [1.165, 1.54) is 11.1 Å². The molecule has 0 aliphatic heterocycles. The smallest absolute Gasteiger partial charge is 0.306 e. The number of amides is 1. The molecule has 1 amide bonds. The quantitative estimate of drug-likeness (QED) is 0.865. The van der Waals surface area contributed by atoms with Crippen molar-refractivity contribution in [3.8, 4) is 0 Å². The number of rotatable bonds is 5. The van der Waals surface area contributed by atoms with Gasteiger partial charge >= 0.3 is 5.97 Å². The summed E-state index contributed by atoms with van der Waals surface area (Å²) in [5.74, 6) is -1.25. The van der Waals surface area contributed by atoms with Gasteiger partial charge in [-0.1, -0.05) is 29.8 Å². The average molecular weight is 275 g/mol. The molecule has 108 valence electrons. The molecule has 0 unspecified atom stereocenters. The lowest BCUT2D eigenvalue weighted by Gasteiger charge is -2.11. The summed E-state index contributed by atoms with van der Waals surface area (Å²) in [7, 11) is 0. The van der Waals surface area contributed by atoms with Crippen LogP contribution in [0.3, 0.4) is 0 Å². The first-order valence-corrected chi connectivity index (χ1v) is 7.12. The Labute approximate surface area is 119 Å². The molecule has 1 aromatic rings. The van der Waals surface area contributed by atoms with Gasteiger partial charge in [-0.2, -0.15) is 0 Å². The fourth-order valence-electron chi connectivity index (χ4n) is 2.79. The summed E-state index contributed by atoms with van der Waals surface area (Å²) in [6.45, 7) is 2.66. The van der Waals surface area contributed by atoms with Crippen LogP contribution in [0, 0.1) is 18.8 Å². The van der Waals surface area contributed by atoms with Crippen molar-refractivity contribution >= 4 is 11.9 Å². The summed E-state index contributed by atoms with van der Waals surface area (Å²) >= 11 is 0. The van der Waals surface area contributed by atoms with Gasteiger partial charge in [0.05, 0.1) is 5.92 Å². The number of nitrogens with one attached hydrogen (secondary N) is 1. The Morgan fingerprint density at radius 2 is 2.05 bits per heavy atom. The average Bonchev–Trinajstić information content (AvgIpc) is 2.88. The lowest BCUT2D eigenvalue weighted by Crippen LogP contribution is -2.31. The number of carbonyl (C=O) groups excluding carboxylic acids is 1. The predicted molar refractivity (Wildman–Crippen MR) is 76.4 cm³/mol. The van der Waals surface area contributed by atoms with E-state index in [-0.39, 0.29) is 17.7 Å². The van der Waals surface area contributed by atoms with Gasteiger partial charge in [-0.3, -0.25) is 9.59 Å². The highest BCUT2D eigenvalue weighted by Crippen LogP contribution is 2.31. The fraction of sp³-hybridized carbons (Fsp3) is 0.500. The summed E-state index contributed by atoms with van der Waals surface area (Å²) in [4.78, 5) is 22.8. The van der Waals surface area contributed by atoms with E-state index in [2.05, 4.69) is 17.4 Å². The van der Waals surface area contributed by atoms with Crippen molar-refractivity contribution in [3.63, 3.8) is 0 Å². The first kappa shape index (κ1) is 14.6. The van der Waals surface area contributed by atoms with Crippen LogP contribution in [0.25, 0.3) is 0 Å². The second kappa shape index (κ2) is 6.55. The van der Waals surface area contributed by atoms with E-state index in [1.54, 1.807) is 0 Å². The van der Waals surface area contributed by atoms with Gasteiger partial charge < -0.3 is 10.4 Å². The highest BCUT2D eigenvalue weighted by atomic mass is 16.4. The number of carboxylic acids is 1. The van der Waals surface area contributed by atoms with E-state index in [4.69, 9.17) is 5.11 Å². The molecule has 2 atom stereocenters. The Hall–Kier alpha value is -1.84. The van der Waals surface area contributed by atoms with Crippen LogP contribution in [0.1, 0.15) is 30.4 Å². The van der Waals surface area contributed by atoms with Crippen LogP contribution in [0.2, 0.25) is 0 Å². The number of hydrogen-bond acceptors (Lipinski definition) is 2. The molecule has 1 saturated carbocycles. The van der Waals surface area contributed by atoms with Crippen LogP contribution in [-0.2, 0) is 16.0 Å². The normalized spacial score (nSPS) is 21.6. The van der Waals surface area contributed by atoms with Gasteiger partial charge in [-0.25, -0.2) is 0 Å². The van der Waals surface area contributed by atoms with Crippen LogP contribution in [0.4, 0.5) is 0 Å². The molecule has 4 nitrogen and oxygen atoms in total. The summed E-state index contributed by atoms with van der Waals surface area (Å²) in [6.07, 6.45) is 2.59. The summed E-state index contributed by atoms with van der Waals surface area (Å²) in [5.41, 5.74) is 2.43. The summed E-state index contributed by atoms with van der Waals surface area (Å²) < 4.78 is 0. The highest BCUT2D eigenvalue weighted by molar-refractivity contribution is 5.80. The molecule has 0 bridgehead atoms. The molecule has 1 aliphatic carbocycles. The molecule has 2 rings (SSSR count). The zero-order chi connectivity index (χ0) is 14.5. The minimum Gasteiger partial charge on any atom is -0.481 e. The van der Waals surface area contributed by atoms with Gasteiger partial charge in [0.15, 0.2) is 0 Å². The molecular formula is C16H21NO3. The van der Waals surface area contributed by atoms with Crippen molar-refractivity contribution in [2.45, 2.75) is 32.6 Å². The zero-order valence-electron chi connectivity index (χ0n) is 11.8. The Morgan fingerprint density at radius 1 is 1.30 bits per heavy atom. The number of aryl methyl sites for hydroxylation is 1. The van der Waals surface area contributed by atoms with E-state index in [0.717, 1.165) is 6.42 Å². The lowest BCUT2D eigenvalue weighted by atomic mass is 10.0. The third kappa shape index (κ3) is 3.83. The van der Waals surface area contributed by atoms with Gasteiger partial charge in [-0.15, -0.1) is 0 Å². The second-order valence-corrected chi connectivity index (χ2v) is 5.58. The van der Waals surface area contributed by atoms with Crippen molar-refractivity contribution in [3.05, 3.63) is 35.4 Å². The summed E-state index contributed by atoms with van der Waals surface area (Å²) in [6, 6.07) is 8.23. The predicted octanol–water partition coefficient (Wildman–Crippen LogP) is 2.15. The lowest BCUT2D eigenvalue weighted by molar-refractivity contribution is -0.141. The molecule has 0 spiro atoms. The van der Waals surface area contributed by atoms with Crippen LogP contribution in [0.15, 0.2) is 24.3 Å². The first-order chi connectivity index (χ1) is 9.56. The Morgan fingerprint density at radius 3 is 2.70 bits per heavy atom. The topological polar surface area (TPSA) is 66.4 Å². The molecule has 0 saturated heterocycles. The van der Waals surface area contributed by atoms with Gasteiger partial charge in [0, 0.05) is 12.5 Å². The molecule has 0 aromatic heterocycles. The van der Waals surface area contributed by atoms with E-state index in [1.807, 2.05) is 19.1 Å². The molecule has 1 fully saturated rings. The Kier molecular flexibility index (Phi) is 4.77. The van der Waals surface area contributed by atoms with Crippen molar-refractivity contribution in [2.75, 3.05) is 6.54 Å². The minimum absolute atomic E-state index is 0.00130. The maximum atomic E-state index is 12.0. The van der Waals surface area contributed by atoms with Gasteiger partial charge in [0.25, 0.3) is 0 Å². The second-order valence-electron chi connectivity index (χ2n) is 5.58. The number of benzene rings is 1. The fourth-order valence-corrected chi connectivity index (χ4v) is 2.79. The third-order valence-electron chi connectivity index (χ3n) is 3.95. The summed E-state index contributed by atoms with van der Waals surface area (Å²) in [5, 5.41) is 11.9. The zero-order valence-corrected chi connectivity index (χ0v) is 11.8. The molecular weight excluding hydrogens is 254 g/mol. The van der Waals surface area contributed by atoms with Crippen molar-refractivity contribution in [2.24, 2.45) is 11.8 Å². The molecule has 4 heteroatoms. The van der Waals surface area contributed by atoms with Crippen molar-refractivity contribution < 1.29 is 14.7 Å². The third-order valence-corrected chi connectivity index (χ3v) is 3.95. The maximum absolute atomic E-state index is 12.0. The SMILES string of the molecule is Cc1cccc(CCNC(=O)[C@@H]2CC[C@H](C(=O)O)C2)c1. The molecule has 20 heavy (non-hydrogen) atoms. The van der Waals surface area contributed by atoms with Crippen molar-refractivity contribution in [1.82, 2.24) is 5.32 Å². The van der Waals surface area contributed by atoms with Crippen LogP contribution in [0.5, 0.6) is 0 Å². The maximum Gasteiger partial charge on any atom is 0.306 e. The van der Waals surface area contributed by atoms with E-state index in [9.17, 15) is 9.59 Å². The molecule has 0 radical (unpaired) electrons. The number of carbonyl (C=O) groups is 2. The molecule has 1 aromatic carbocycles. The number of hydrogen-bond donors (Lipinski definition) is 2.